The van der Waals surface area contributed by atoms with Crippen LogP contribution < -0.4 is 0 Å². The van der Waals surface area contributed by atoms with E-state index in [-0.39, 0.29) is 0 Å². The monoisotopic (exact) mass is 164 g/mol. The second-order valence-electron chi connectivity index (χ2n) is 1.32. The third-order valence-corrected chi connectivity index (χ3v) is 5.92. The van der Waals surface area contributed by atoms with Crippen LogP contribution in [0.2, 0.25) is 0 Å². The van der Waals surface area contributed by atoms with Crippen LogP contribution in [0.5, 0.6) is 0 Å². The van der Waals surface area contributed by atoms with Crippen LogP contribution in [0.3, 0.4) is 0 Å². The number of rotatable bonds is 1. The average Bonchev–Trinajstić information content (AvgIpc) is 1.38. The molecule has 1 unspecified atom stereocenters. The van der Waals surface area contributed by atoms with Crippen LogP contribution in [-0.2, 0) is 30.3 Å². The maximum atomic E-state index is 2.27. The van der Waals surface area contributed by atoms with Gasteiger partial charge in [0.15, 0.2) is 0 Å². The zero-order valence-corrected chi connectivity index (χ0v) is 7.49. The van der Waals surface area contributed by atoms with Gasteiger partial charge in [0.25, 0.3) is 0 Å². The fraction of sp³-hybridized carbons (Fsp3) is 1.00. The molecule has 0 aliphatic carbocycles. The van der Waals surface area contributed by atoms with E-state index >= 15 is 0 Å². The van der Waals surface area contributed by atoms with Crippen LogP contribution in [0.1, 0.15) is 13.8 Å². The van der Waals surface area contributed by atoms with Gasteiger partial charge in [-0.3, -0.25) is 0 Å². The molecule has 0 aromatic carbocycles. The number of hydrogen-bond donors (Lipinski definition) is 0. The minimum absolute atomic E-state index is 0.970. The summed E-state index contributed by atoms with van der Waals surface area (Å²) in [5.41, 5.74) is 0.970. The van der Waals surface area contributed by atoms with E-state index in [0.717, 1.165) is 5.66 Å². The van der Waals surface area contributed by atoms with Gasteiger partial charge in [0.1, 0.15) is 0 Å². The second kappa shape index (κ2) is 3.71. The zero-order chi connectivity index (χ0) is 4.28. The topological polar surface area (TPSA) is 0 Å². The van der Waals surface area contributed by atoms with E-state index in [1.54, 1.807) is 0 Å². The zero-order valence-electron chi connectivity index (χ0n) is 3.65. The summed E-state index contributed by atoms with van der Waals surface area (Å²) >= 11 is 1.45. The van der Waals surface area contributed by atoms with E-state index in [1.165, 1.54) is 35.1 Å². The van der Waals surface area contributed by atoms with Crippen molar-refractivity contribution < 1.29 is 30.3 Å². The van der Waals surface area contributed by atoms with Crippen molar-refractivity contribution in [1.29, 1.82) is 0 Å². The van der Waals surface area contributed by atoms with Gasteiger partial charge in [0.05, 0.1) is 0 Å². The Kier molecular flexibility index (Phi) is 4.85. The third kappa shape index (κ3) is 5.53. The molecule has 0 rings (SSSR count). The van der Waals surface area contributed by atoms with E-state index in [1.807, 2.05) is 0 Å². The van der Waals surface area contributed by atoms with Crippen molar-refractivity contribution in [2.24, 2.45) is 0 Å². The maximum absolute atomic E-state index is 2.27. The Hall–Kier alpha value is 1.53. The van der Waals surface area contributed by atoms with Gasteiger partial charge in [-0.15, -0.1) is 0 Å². The predicted octanol–water partition coefficient (Wildman–Crippen LogP) is 1.54. The first-order chi connectivity index (χ1) is 2.27. The Morgan fingerprint density at radius 1 is 1.60 bits per heavy atom. The Bertz CT molecular complexity index is 20.9. The van der Waals surface area contributed by atoms with Gasteiger partial charge in [-0.2, -0.15) is 0 Å². The molecule has 0 aromatic rings. The van der Waals surface area contributed by atoms with Crippen LogP contribution in [0.15, 0.2) is 0 Å². The summed E-state index contributed by atoms with van der Waals surface area (Å²) in [5, 5.41) is 0. The first kappa shape index (κ1) is 6.53. The molecule has 0 N–H and O–H groups in total. The minimum atomic E-state index is 0.970. The van der Waals surface area contributed by atoms with Crippen molar-refractivity contribution in [1.82, 2.24) is 0 Å². The fourth-order valence-corrected chi connectivity index (χ4v) is 0. The second-order valence-corrected chi connectivity index (χ2v) is 5.27. The molecule has 5 heavy (non-hydrogen) atoms. The third-order valence-electron chi connectivity index (χ3n) is 0.333. The standard InChI is InChI=1S/C3H8P.Y/c1-3(2)4;/h3-4H,1-2H3;/q-1;+1. The molecule has 0 spiro atoms. The molecule has 0 aliphatic rings. The number of hydrogen-bond acceptors (Lipinski definition) is 0. The van der Waals surface area contributed by atoms with Crippen molar-refractivity contribution in [3.8, 4) is 0 Å². The summed E-state index contributed by atoms with van der Waals surface area (Å²) in [6.45, 7) is 4.53. The molecule has 0 heterocycles. The van der Waals surface area contributed by atoms with Gasteiger partial charge in [-0.1, -0.05) is 0 Å². The summed E-state index contributed by atoms with van der Waals surface area (Å²) in [7, 11) is 0. The normalized spacial score (nSPS) is 11.6. The SMILES string of the molecule is CC(C)[PH][Y]. The van der Waals surface area contributed by atoms with E-state index in [2.05, 4.69) is 13.8 Å². The first-order valence-electron chi connectivity index (χ1n) is 1.73. The Morgan fingerprint density at radius 2 is 1.80 bits per heavy atom. The van der Waals surface area contributed by atoms with Gasteiger partial charge in [-0.25, -0.2) is 0 Å². The molecule has 0 radical (unpaired) electrons. The van der Waals surface area contributed by atoms with Crippen LogP contribution in [0.4, 0.5) is 0 Å². The van der Waals surface area contributed by atoms with Gasteiger partial charge in [-0.05, 0) is 0 Å². The van der Waals surface area contributed by atoms with Gasteiger partial charge >= 0.3 is 54.6 Å². The van der Waals surface area contributed by atoms with Crippen LogP contribution >= 0.6 is 4.83 Å². The molecule has 0 saturated heterocycles. The van der Waals surface area contributed by atoms with Gasteiger partial charge in [0, 0.05) is 0 Å². The Balaban J connectivity index is 2.54. The van der Waals surface area contributed by atoms with Gasteiger partial charge in [0.2, 0.25) is 0 Å². The quantitative estimate of drug-likeness (QED) is 0.515. The van der Waals surface area contributed by atoms with Crippen LogP contribution in [0.25, 0.3) is 0 Å². The molecule has 1 atom stereocenters. The molecule has 0 aromatic heterocycles. The van der Waals surface area contributed by atoms with Crippen molar-refractivity contribution >= 4 is 4.83 Å². The van der Waals surface area contributed by atoms with E-state index in [4.69, 9.17) is 0 Å². The molecular formula is C3H8PY. The molecule has 0 fully saturated rings. The molecule has 2 heteroatoms. The van der Waals surface area contributed by atoms with Crippen molar-refractivity contribution in [2.75, 3.05) is 0 Å². The van der Waals surface area contributed by atoms with Crippen molar-refractivity contribution in [3.05, 3.63) is 0 Å². The molecule has 0 nitrogen and oxygen atoms in total. The first-order valence-corrected chi connectivity index (χ1v) is 7.14. The molecule has 0 amide bonds. The molecule has 28 valence electrons. The van der Waals surface area contributed by atoms with Gasteiger partial charge < -0.3 is 0 Å². The Labute approximate surface area is 54.3 Å². The molecule has 0 aliphatic heterocycles. The Morgan fingerprint density at radius 3 is 1.80 bits per heavy atom. The van der Waals surface area contributed by atoms with Crippen molar-refractivity contribution in [3.63, 3.8) is 0 Å². The predicted molar refractivity (Wildman–Crippen MR) is 23.5 cm³/mol. The average molecular weight is 164 g/mol. The van der Waals surface area contributed by atoms with E-state index < -0.39 is 0 Å². The van der Waals surface area contributed by atoms with Crippen molar-refractivity contribution in [2.45, 2.75) is 19.5 Å². The summed E-state index contributed by atoms with van der Waals surface area (Å²) in [6.07, 6.45) is 0. The summed E-state index contributed by atoms with van der Waals surface area (Å²) < 4.78 is 0. The van der Waals surface area contributed by atoms with Crippen LogP contribution in [0, 0.1) is 0 Å². The van der Waals surface area contributed by atoms with E-state index in [0.29, 0.717) is 0 Å². The fourth-order valence-electron chi connectivity index (χ4n) is 0. The molecule has 0 bridgehead atoms. The van der Waals surface area contributed by atoms with E-state index in [9.17, 15) is 0 Å². The summed E-state index contributed by atoms with van der Waals surface area (Å²) in [6, 6.07) is 0. The summed E-state index contributed by atoms with van der Waals surface area (Å²) in [5.74, 6) is 0. The molecule has 0 saturated carbocycles. The summed E-state index contributed by atoms with van der Waals surface area (Å²) in [4.78, 5) is 1.24. The van der Waals surface area contributed by atoms with Crippen LogP contribution in [-0.4, -0.2) is 5.66 Å². The molecular weight excluding hydrogens is 156 g/mol.